The molecule has 0 saturated heterocycles. The predicted octanol–water partition coefficient (Wildman–Crippen LogP) is 4.34. The predicted molar refractivity (Wildman–Crippen MR) is 84.5 cm³/mol. The summed E-state index contributed by atoms with van der Waals surface area (Å²) < 4.78 is 5.72. The molecule has 0 saturated carbocycles. The zero-order valence-electron chi connectivity index (χ0n) is 12.1. The minimum atomic E-state index is -0.160. The molecule has 0 fully saturated rings. The standard InChI is InChI=1S/C17H20ClNO/c1-11-4-7-17(15(18)8-11)20-10-16(19)14-6-5-12(2)13(3)9-14/h4-9,16H,10,19H2,1-3H3. The molecule has 1 unspecified atom stereocenters. The Kier molecular flexibility index (Phi) is 4.69. The highest BCUT2D eigenvalue weighted by atomic mass is 35.5. The maximum atomic E-state index is 6.17. The van der Waals surface area contributed by atoms with Crippen molar-refractivity contribution in [2.24, 2.45) is 5.73 Å². The molecule has 0 aliphatic carbocycles. The molecular weight excluding hydrogens is 270 g/mol. The first kappa shape index (κ1) is 14.9. The van der Waals surface area contributed by atoms with Crippen LogP contribution < -0.4 is 10.5 Å². The Bertz CT molecular complexity index is 610. The fourth-order valence-corrected chi connectivity index (χ4v) is 2.28. The largest absolute Gasteiger partial charge is 0.490 e. The maximum absolute atomic E-state index is 6.17. The van der Waals surface area contributed by atoms with Gasteiger partial charge in [-0.2, -0.15) is 0 Å². The van der Waals surface area contributed by atoms with Crippen molar-refractivity contribution >= 4 is 11.6 Å². The lowest BCUT2D eigenvalue weighted by molar-refractivity contribution is 0.291. The van der Waals surface area contributed by atoms with Gasteiger partial charge < -0.3 is 10.5 Å². The first-order chi connectivity index (χ1) is 9.47. The summed E-state index contributed by atoms with van der Waals surface area (Å²) in [5, 5.41) is 0.622. The molecule has 0 heterocycles. The Morgan fingerprint density at radius 1 is 1.05 bits per heavy atom. The summed E-state index contributed by atoms with van der Waals surface area (Å²) in [6.07, 6.45) is 0. The fraction of sp³-hybridized carbons (Fsp3) is 0.294. The second-order valence-corrected chi connectivity index (χ2v) is 5.60. The van der Waals surface area contributed by atoms with Crippen LogP contribution in [0.25, 0.3) is 0 Å². The van der Waals surface area contributed by atoms with Gasteiger partial charge in [0.05, 0.1) is 11.1 Å². The van der Waals surface area contributed by atoms with Crippen LogP contribution >= 0.6 is 11.6 Å². The Hall–Kier alpha value is -1.51. The minimum absolute atomic E-state index is 0.160. The molecule has 0 aliphatic rings. The Morgan fingerprint density at radius 3 is 2.45 bits per heavy atom. The number of aryl methyl sites for hydroxylation is 3. The van der Waals surface area contributed by atoms with Crippen LogP contribution in [0, 0.1) is 20.8 Å². The number of rotatable bonds is 4. The lowest BCUT2D eigenvalue weighted by Gasteiger charge is -2.15. The molecule has 20 heavy (non-hydrogen) atoms. The fourth-order valence-electron chi connectivity index (χ4n) is 1.99. The molecule has 3 heteroatoms. The van der Waals surface area contributed by atoms with E-state index in [4.69, 9.17) is 22.1 Å². The Balaban J connectivity index is 2.04. The summed E-state index contributed by atoms with van der Waals surface area (Å²) in [5.74, 6) is 0.677. The molecule has 2 N–H and O–H groups in total. The summed E-state index contributed by atoms with van der Waals surface area (Å²) in [4.78, 5) is 0. The average molecular weight is 290 g/mol. The molecule has 1 atom stereocenters. The van der Waals surface area contributed by atoms with E-state index in [2.05, 4.69) is 26.0 Å². The first-order valence-corrected chi connectivity index (χ1v) is 7.07. The van der Waals surface area contributed by atoms with Gasteiger partial charge in [0.2, 0.25) is 0 Å². The molecule has 0 spiro atoms. The van der Waals surface area contributed by atoms with E-state index in [1.807, 2.05) is 31.2 Å². The second kappa shape index (κ2) is 6.29. The second-order valence-electron chi connectivity index (χ2n) is 5.20. The normalized spacial score (nSPS) is 12.2. The highest BCUT2D eigenvalue weighted by molar-refractivity contribution is 6.32. The van der Waals surface area contributed by atoms with Gasteiger partial charge >= 0.3 is 0 Å². The van der Waals surface area contributed by atoms with Crippen molar-refractivity contribution in [1.82, 2.24) is 0 Å². The minimum Gasteiger partial charge on any atom is -0.490 e. The van der Waals surface area contributed by atoms with E-state index in [-0.39, 0.29) is 6.04 Å². The third-order valence-corrected chi connectivity index (χ3v) is 3.76. The summed E-state index contributed by atoms with van der Waals surface area (Å²) in [5.41, 5.74) is 10.9. The zero-order chi connectivity index (χ0) is 14.7. The molecule has 0 bridgehead atoms. The van der Waals surface area contributed by atoms with Crippen molar-refractivity contribution in [1.29, 1.82) is 0 Å². The molecule has 0 radical (unpaired) electrons. The van der Waals surface area contributed by atoms with Crippen LogP contribution in [0.2, 0.25) is 5.02 Å². The van der Waals surface area contributed by atoms with Crippen molar-refractivity contribution in [2.75, 3.05) is 6.61 Å². The molecule has 0 aliphatic heterocycles. The summed E-state index contributed by atoms with van der Waals surface area (Å²) >= 11 is 6.14. The van der Waals surface area contributed by atoms with Gasteiger partial charge in [0, 0.05) is 0 Å². The van der Waals surface area contributed by atoms with E-state index in [1.165, 1.54) is 11.1 Å². The van der Waals surface area contributed by atoms with Crippen molar-refractivity contribution in [3.05, 3.63) is 63.7 Å². The molecule has 2 aromatic rings. The van der Waals surface area contributed by atoms with Gasteiger partial charge in [-0.1, -0.05) is 35.9 Å². The molecular formula is C17H20ClNO. The SMILES string of the molecule is Cc1ccc(OCC(N)c2ccc(C)c(C)c2)c(Cl)c1. The van der Waals surface area contributed by atoms with E-state index in [1.54, 1.807) is 0 Å². The Labute approximate surface area is 125 Å². The number of halogens is 1. The van der Waals surface area contributed by atoms with E-state index < -0.39 is 0 Å². The van der Waals surface area contributed by atoms with E-state index in [0.29, 0.717) is 17.4 Å². The van der Waals surface area contributed by atoms with Gasteiger partial charge in [-0.25, -0.2) is 0 Å². The lowest BCUT2D eigenvalue weighted by atomic mass is 10.0. The van der Waals surface area contributed by atoms with Crippen LogP contribution in [0.3, 0.4) is 0 Å². The van der Waals surface area contributed by atoms with Gasteiger partial charge in [-0.3, -0.25) is 0 Å². The van der Waals surface area contributed by atoms with Gasteiger partial charge in [0.25, 0.3) is 0 Å². The van der Waals surface area contributed by atoms with Crippen LogP contribution in [0.1, 0.15) is 28.3 Å². The van der Waals surface area contributed by atoms with Gasteiger partial charge in [-0.15, -0.1) is 0 Å². The van der Waals surface area contributed by atoms with Crippen LogP contribution in [-0.2, 0) is 0 Å². The van der Waals surface area contributed by atoms with Gasteiger partial charge in [0.1, 0.15) is 12.4 Å². The van der Waals surface area contributed by atoms with Crippen molar-refractivity contribution in [3.63, 3.8) is 0 Å². The molecule has 2 nitrogen and oxygen atoms in total. The first-order valence-electron chi connectivity index (χ1n) is 6.69. The highest BCUT2D eigenvalue weighted by Crippen LogP contribution is 2.26. The number of nitrogens with two attached hydrogens (primary N) is 1. The number of benzene rings is 2. The number of hydrogen-bond acceptors (Lipinski definition) is 2. The average Bonchev–Trinajstić information content (AvgIpc) is 2.40. The van der Waals surface area contributed by atoms with Crippen LogP contribution in [-0.4, -0.2) is 6.61 Å². The topological polar surface area (TPSA) is 35.2 Å². The number of ether oxygens (including phenoxy) is 1. The monoisotopic (exact) mass is 289 g/mol. The maximum Gasteiger partial charge on any atom is 0.138 e. The zero-order valence-corrected chi connectivity index (χ0v) is 12.9. The number of hydrogen-bond donors (Lipinski definition) is 1. The van der Waals surface area contributed by atoms with E-state index in [9.17, 15) is 0 Å². The van der Waals surface area contributed by atoms with Gasteiger partial charge in [-0.05, 0) is 55.2 Å². The quantitative estimate of drug-likeness (QED) is 0.908. The van der Waals surface area contributed by atoms with E-state index in [0.717, 1.165) is 11.1 Å². The van der Waals surface area contributed by atoms with Gasteiger partial charge in [0.15, 0.2) is 0 Å². The summed E-state index contributed by atoms with van der Waals surface area (Å²) in [6, 6.07) is 11.8. The summed E-state index contributed by atoms with van der Waals surface area (Å²) in [7, 11) is 0. The smallest absolute Gasteiger partial charge is 0.138 e. The molecule has 2 rings (SSSR count). The third-order valence-electron chi connectivity index (χ3n) is 3.46. The molecule has 0 amide bonds. The third kappa shape index (κ3) is 3.53. The lowest BCUT2D eigenvalue weighted by Crippen LogP contribution is -2.19. The molecule has 0 aromatic heterocycles. The van der Waals surface area contributed by atoms with E-state index >= 15 is 0 Å². The summed E-state index contributed by atoms with van der Waals surface area (Å²) in [6.45, 7) is 6.58. The van der Waals surface area contributed by atoms with Crippen molar-refractivity contribution in [2.45, 2.75) is 26.8 Å². The molecule has 106 valence electrons. The van der Waals surface area contributed by atoms with Crippen LogP contribution in [0.15, 0.2) is 36.4 Å². The van der Waals surface area contributed by atoms with Crippen molar-refractivity contribution in [3.8, 4) is 5.75 Å². The highest BCUT2D eigenvalue weighted by Gasteiger charge is 2.09. The molecule has 2 aromatic carbocycles. The Morgan fingerprint density at radius 2 is 1.80 bits per heavy atom. The van der Waals surface area contributed by atoms with Crippen molar-refractivity contribution < 1.29 is 4.74 Å². The van der Waals surface area contributed by atoms with Crippen LogP contribution in [0.5, 0.6) is 5.75 Å². The van der Waals surface area contributed by atoms with Crippen LogP contribution in [0.4, 0.5) is 0 Å².